The summed E-state index contributed by atoms with van der Waals surface area (Å²) < 4.78 is 0. The highest BCUT2D eigenvalue weighted by atomic mass is 35.5. The molecule has 0 amide bonds. The zero-order valence-corrected chi connectivity index (χ0v) is 16.2. The van der Waals surface area contributed by atoms with Gasteiger partial charge in [0.25, 0.3) is 0 Å². The highest BCUT2D eigenvalue weighted by molar-refractivity contribution is 6.31. The Hall–Kier alpha value is -2.70. The molecular weight excluding hydrogens is 362 g/mol. The molecule has 140 valence electrons. The Morgan fingerprint density at radius 3 is 2.56 bits per heavy atom. The highest BCUT2D eigenvalue weighted by Gasteiger charge is 2.12. The van der Waals surface area contributed by atoms with Crippen LogP contribution < -0.4 is 10.6 Å². The molecule has 7 heteroatoms. The van der Waals surface area contributed by atoms with Gasteiger partial charge < -0.3 is 15.7 Å². The van der Waals surface area contributed by atoms with Crippen LogP contribution in [0.1, 0.15) is 18.1 Å². The fraction of sp³-hybridized carbons (Fsp3) is 0.250. The molecule has 0 fully saturated rings. The van der Waals surface area contributed by atoms with Crippen molar-refractivity contribution in [3.63, 3.8) is 0 Å². The molecule has 0 saturated carbocycles. The number of aliphatic hydroxyl groups is 1. The molecular formula is C20H22ClN5O. The third-order valence-corrected chi connectivity index (χ3v) is 4.62. The van der Waals surface area contributed by atoms with Crippen LogP contribution in [0.2, 0.25) is 5.02 Å². The van der Waals surface area contributed by atoms with E-state index < -0.39 is 0 Å². The van der Waals surface area contributed by atoms with Crippen LogP contribution in [-0.4, -0.2) is 32.7 Å². The molecule has 0 saturated heterocycles. The van der Waals surface area contributed by atoms with Crippen molar-refractivity contribution in [3.05, 3.63) is 58.9 Å². The summed E-state index contributed by atoms with van der Waals surface area (Å²) in [6.07, 6.45) is 3.44. The van der Waals surface area contributed by atoms with E-state index in [1.807, 2.05) is 51.1 Å². The number of benzene rings is 1. The van der Waals surface area contributed by atoms with Crippen molar-refractivity contribution in [2.75, 3.05) is 17.2 Å². The Morgan fingerprint density at radius 2 is 1.85 bits per heavy atom. The van der Waals surface area contributed by atoms with E-state index in [0.29, 0.717) is 16.8 Å². The van der Waals surface area contributed by atoms with Gasteiger partial charge in [0.1, 0.15) is 5.82 Å². The first-order chi connectivity index (χ1) is 13.0. The van der Waals surface area contributed by atoms with Gasteiger partial charge in [0.2, 0.25) is 5.95 Å². The number of rotatable bonds is 6. The van der Waals surface area contributed by atoms with Gasteiger partial charge in [0.15, 0.2) is 0 Å². The first-order valence-electron chi connectivity index (χ1n) is 8.67. The summed E-state index contributed by atoms with van der Waals surface area (Å²) in [6, 6.07) is 9.35. The average Bonchev–Trinajstić information content (AvgIpc) is 2.68. The quantitative estimate of drug-likeness (QED) is 0.587. The number of pyridine rings is 1. The maximum Gasteiger partial charge on any atom is 0.225 e. The summed E-state index contributed by atoms with van der Waals surface area (Å²) >= 11 is 6.28. The largest absolute Gasteiger partial charge is 0.394 e. The molecule has 0 bridgehead atoms. The van der Waals surface area contributed by atoms with E-state index in [1.165, 1.54) is 0 Å². The summed E-state index contributed by atoms with van der Waals surface area (Å²) in [5.74, 6) is 1.07. The minimum atomic E-state index is -0.166. The third-order valence-electron chi connectivity index (χ3n) is 4.21. The second-order valence-corrected chi connectivity index (χ2v) is 6.82. The van der Waals surface area contributed by atoms with Gasteiger partial charge in [-0.05, 0) is 50.1 Å². The van der Waals surface area contributed by atoms with Crippen LogP contribution in [0, 0.1) is 13.8 Å². The first-order valence-corrected chi connectivity index (χ1v) is 9.05. The van der Waals surface area contributed by atoms with Crippen molar-refractivity contribution in [2.45, 2.75) is 26.8 Å². The van der Waals surface area contributed by atoms with Crippen molar-refractivity contribution >= 4 is 29.1 Å². The SMILES string of the molecule is Cc1ccc(Cl)c(C)c1Nc1cc(-c2ccncc2)nc(N[C@H](C)CO)n1. The highest BCUT2D eigenvalue weighted by Crippen LogP contribution is 2.30. The van der Waals surface area contributed by atoms with Gasteiger partial charge in [-0.3, -0.25) is 4.98 Å². The Kier molecular flexibility index (Phi) is 5.88. The van der Waals surface area contributed by atoms with E-state index in [0.717, 1.165) is 28.1 Å². The molecule has 0 spiro atoms. The van der Waals surface area contributed by atoms with Crippen molar-refractivity contribution in [2.24, 2.45) is 0 Å². The average molecular weight is 384 g/mol. The van der Waals surface area contributed by atoms with Crippen LogP contribution >= 0.6 is 11.6 Å². The smallest absolute Gasteiger partial charge is 0.225 e. The second kappa shape index (κ2) is 8.33. The summed E-state index contributed by atoms with van der Waals surface area (Å²) in [5, 5.41) is 16.5. The minimum Gasteiger partial charge on any atom is -0.394 e. The molecule has 0 aliphatic carbocycles. The van der Waals surface area contributed by atoms with Crippen molar-refractivity contribution < 1.29 is 5.11 Å². The maximum atomic E-state index is 9.33. The van der Waals surface area contributed by atoms with Gasteiger partial charge in [-0.1, -0.05) is 17.7 Å². The molecule has 0 unspecified atom stereocenters. The third kappa shape index (κ3) is 4.53. The lowest BCUT2D eigenvalue weighted by Crippen LogP contribution is -2.21. The van der Waals surface area contributed by atoms with Gasteiger partial charge in [0.05, 0.1) is 12.3 Å². The van der Waals surface area contributed by atoms with Gasteiger partial charge in [-0.2, -0.15) is 4.98 Å². The maximum absolute atomic E-state index is 9.33. The van der Waals surface area contributed by atoms with E-state index in [-0.39, 0.29) is 12.6 Å². The molecule has 0 radical (unpaired) electrons. The van der Waals surface area contributed by atoms with Crippen molar-refractivity contribution in [3.8, 4) is 11.3 Å². The number of anilines is 3. The van der Waals surface area contributed by atoms with Crippen molar-refractivity contribution in [1.29, 1.82) is 0 Å². The lowest BCUT2D eigenvalue weighted by atomic mass is 10.1. The van der Waals surface area contributed by atoms with Crippen LogP contribution in [0.4, 0.5) is 17.5 Å². The van der Waals surface area contributed by atoms with Gasteiger partial charge in [-0.15, -0.1) is 0 Å². The molecule has 0 aliphatic rings. The standard InChI is InChI=1S/C20H22ClN5O/c1-12-4-5-16(21)14(3)19(12)25-18-10-17(15-6-8-22-9-7-15)24-20(26-18)23-13(2)11-27/h4-10,13,27H,11H2,1-3H3,(H2,23,24,25,26)/t13-/m1/s1. The number of aryl methyl sites for hydroxylation is 1. The van der Waals surface area contributed by atoms with E-state index in [4.69, 9.17) is 11.6 Å². The summed E-state index contributed by atoms with van der Waals surface area (Å²) in [5.41, 5.74) is 4.62. The molecule has 2 aromatic heterocycles. The fourth-order valence-electron chi connectivity index (χ4n) is 2.65. The zero-order chi connectivity index (χ0) is 19.4. The number of aliphatic hydroxyl groups excluding tert-OH is 1. The van der Waals surface area contributed by atoms with Crippen LogP contribution in [0.15, 0.2) is 42.7 Å². The predicted molar refractivity (Wildman–Crippen MR) is 110 cm³/mol. The van der Waals surface area contributed by atoms with Gasteiger partial charge in [-0.25, -0.2) is 4.98 Å². The second-order valence-electron chi connectivity index (χ2n) is 6.42. The Bertz CT molecular complexity index is 933. The molecule has 1 aromatic carbocycles. The van der Waals surface area contributed by atoms with Gasteiger partial charge >= 0.3 is 0 Å². The first kappa shape index (κ1) is 19.1. The Morgan fingerprint density at radius 1 is 1.11 bits per heavy atom. The number of nitrogens with zero attached hydrogens (tertiary/aromatic N) is 3. The molecule has 27 heavy (non-hydrogen) atoms. The number of nitrogens with one attached hydrogen (secondary N) is 2. The van der Waals surface area contributed by atoms with E-state index in [9.17, 15) is 5.11 Å². The lowest BCUT2D eigenvalue weighted by Gasteiger charge is -2.16. The molecule has 1 atom stereocenters. The normalized spacial score (nSPS) is 11.9. The Labute approximate surface area is 163 Å². The minimum absolute atomic E-state index is 0.0158. The topological polar surface area (TPSA) is 83.0 Å². The van der Waals surface area contributed by atoms with Crippen LogP contribution in [0.25, 0.3) is 11.3 Å². The van der Waals surface area contributed by atoms with Crippen molar-refractivity contribution in [1.82, 2.24) is 15.0 Å². The number of halogens is 1. The fourth-order valence-corrected chi connectivity index (χ4v) is 2.81. The summed E-state index contributed by atoms with van der Waals surface area (Å²) in [4.78, 5) is 13.2. The predicted octanol–water partition coefficient (Wildman–Crippen LogP) is 4.35. The van der Waals surface area contributed by atoms with E-state index in [2.05, 4.69) is 25.6 Å². The molecule has 2 heterocycles. The molecule has 0 aliphatic heterocycles. The zero-order valence-electron chi connectivity index (χ0n) is 15.5. The summed E-state index contributed by atoms with van der Waals surface area (Å²) in [7, 11) is 0. The van der Waals surface area contributed by atoms with Crippen LogP contribution in [0.3, 0.4) is 0 Å². The number of hydrogen-bond donors (Lipinski definition) is 3. The van der Waals surface area contributed by atoms with E-state index in [1.54, 1.807) is 12.4 Å². The van der Waals surface area contributed by atoms with Crippen LogP contribution in [-0.2, 0) is 0 Å². The Balaban J connectivity index is 2.04. The summed E-state index contributed by atoms with van der Waals surface area (Å²) in [6.45, 7) is 5.83. The molecule has 3 aromatic rings. The molecule has 3 N–H and O–H groups in total. The van der Waals surface area contributed by atoms with E-state index >= 15 is 0 Å². The lowest BCUT2D eigenvalue weighted by molar-refractivity contribution is 0.281. The molecule has 6 nitrogen and oxygen atoms in total. The molecule has 3 rings (SSSR count). The van der Waals surface area contributed by atoms with Crippen LogP contribution in [0.5, 0.6) is 0 Å². The number of hydrogen-bond acceptors (Lipinski definition) is 6. The van der Waals surface area contributed by atoms with Gasteiger partial charge in [0, 0.05) is 40.8 Å². The number of aromatic nitrogens is 3. The monoisotopic (exact) mass is 383 g/mol.